The van der Waals surface area contributed by atoms with Gasteiger partial charge in [-0.1, -0.05) is 20.8 Å². The van der Waals surface area contributed by atoms with E-state index >= 15 is 0 Å². The summed E-state index contributed by atoms with van der Waals surface area (Å²) in [5.74, 6) is 0.0917. The number of rotatable bonds is 3. The molecule has 1 aliphatic heterocycles. The van der Waals surface area contributed by atoms with E-state index < -0.39 is 6.10 Å². The Bertz CT molecular complexity index is 201. The summed E-state index contributed by atoms with van der Waals surface area (Å²) in [6.07, 6.45) is 0.910. The van der Waals surface area contributed by atoms with Crippen molar-refractivity contribution in [2.45, 2.75) is 39.7 Å². The lowest BCUT2D eigenvalue weighted by atomic mass is 9.90. The molecule has 1 aliphatic rings. The SMILES string of the molecule is CCC(C)(C)CN1CC(O)CC1=O. The van der Waals surface area contributed by atoms with Gasteiger partial charge in [0.05, 0.1) is 12.5 Å². The summed E-state index contributed by atoms with van der Waals surface area (Å²) in [4.78, 5) is 13.1. The van der Waals surface area contributed by atoms with Crippen molar-refractivity contribution in [3.05, 3.63) is 0 Å². The van der Waals surface area contributed by atoms with Crippen molar-refractivity contribution in [1.82, 2.24) is 4.90 Å². The standard InChI is InChI=1S/C10H19NO2/c1-4-10(2,3)7-11-6-8(12)5-9(11)13/h8,12H,4-7H2,1-3H3. The molecule has 0 bridgehead atoms. The van der Waals surface area contributed by atoms with E-state index in [9.17, 15) is 9.90 Å². The highest BCUT2D eigenvalue weighted by molar-refractivity contribution is 5.79. The molecule has 3 nitrogen and oxygen atoms in total. The zero-order valence-electron chi connectivity index (χ0n) is 8.71. The van der Waals surface area contributed by atoms with Crippen molar-refractivity contribution in [3.8, 4) is 0 Å². The first-order chi connectivity index (χ1) is 5.94. The number of aliphatic hydroxyl groups is 1. The van der Waals surface area contributed by atoms with Gasteiger partial charge in [0.2, 0.25) is 5.91 Å². The van der Waals surface area contributed by atoms with Crippen LogP contribution in [0.3, 0.4) is 0 Å². The molecule has 3 heteroatoms. The van der Waals surface area contributed by atoms with E-state index in [2.05, 4.69) is 20.8 Å². The molecule has 0 saturated carbocycles. The van der Waals surface area contributed by atoms with E-state index in [0.717, 1.165) is 13.0 Å². The summed E-state index contributed by atoms with van der Waals surface area (Å²) in [5.41, 5.74) is 0.166. The molecule has 13 heavy (non-hydrogen) atoms. The van der Waals surface area contributed by atoms with E-state index in [4.69, 9.17) is 0 Å². The lowest BCUT2D eigenvalue weighted by Crippen LogP contribution is -2.35. The third-order valence-electron chi connectivity index (χ3n) is 2.77. The van der Waals surface area contributed by atoms with Crippen molar-refractivity contribution in [3.63, 3.8) is 0 Å². The maximum atomic E-state index is 11.3. The number of hydrogen-bond donors (Lipinski definition) is 1. The first-order valence-electron chi connectivity index (χ1n) is 4.90. The highest BCUT2D eigenvalue weighted by Crippen LogP contribution is 2.24. The van der Waals surface area contributed by atoms with Gasteiger partial charge >= 0.3 is 0 Å². The van der Waals surface area contributed by atoms with E-state index in [1.807, 2.05) is 0 Å². The van der Waals surface area contributed by atoms with Gasteiger partial charge in [0.1, 0.15) is 0 Å². The summed E-state index contributed by atoms with van der Waals surface area (Å²) in [6, 6.07) is 0. The van der Waals surface area contributed by atoms with Crippen molar-refractivity contribution < 1.29 is 9.90 Å². The zero-order chi connectivity index (χ0) is 10.1. The normalized spacial score (nSPS) is 24.2. The number of hydrogen-bond acceptors (Lipinski definition) is 2. The van der Waals surface area contributed by atoms with Crippen LogP contribution < -0.4 is 0 Å². The molecular weight excluding hydrogens is 166 g/mol. The van der Waals surface area contributed by atoms with Crippen LogP contribution in [0.25, 0.3) is 0 Å². The molecule has 0 aliphatic carbocycles. The first kappa shape index (κ1) is 10.5. The quantitative estimate of drug-likeness (QED) is 0.713. The molecule has 1 saturated heterocycles. The van der Waals surface area contributed by atoms with Gasteiger partial charge in [-0.3, -0.25) is 4.79 Å². The molecule has 76 valence electrons. The Labute approximate surface area is 79.7 Å². The smallest absolute Gasteiger partial charge is 0.225 e. The second kappa shape index (κ2) is 3.66. The lowest BCUT2D eigenvalue weighted by molar-refractivity contribution is -0.128. The number of amides is 1. The molecule has 1 N–H and O–H groups in total. The van der Waals surface area contributed by atoms with Crippen molar-refractivity contribution in [2.24, 2.45) is 5.41 Å². The van der Waals surface area contributed by atoms with Crippen LogP contribution in [0.1, 0.15) is 33.6 Å². The minimum atomic E-state index is -0.444. The summed E-state index contributed by atoms with van der Waals surface area (Å²) >= 11 is 0. The van der Waals surface area contributed by atoms with Gasteiger partial charge in [0, 0.05) is 13.1 Å². The topological polar surface area (TPSA) is 40.5 Å². The first-order valence-corrected chi connectivity index (χ1v) is 4.90. The average molecular weight is 185 g/mol. The van der Waals surface area contributed by atoms with Gasteiger partial charge in [-0.15, -0.1) is 0 Å². The number of carbonyl (C=O) groups is 1. The van der Waals surface area contributed by atoms with Gasteiger partial charge in [-0.05, 0) is 11.8 Å². The van der Waals surface area contributed by atoms with Crippen molar-refractivity contribution in [1.29, 1.82) is 0 Å². The average Bonchev–Trinajstić information content (AvgIpc) is 2.30. The Morgan fingerprint density at radius 2 is 2.23 bits per heavy atom. The summed E-state index contributed by atoms with van der Waals surface area (Å²) < 4.78 is 0. The number of likely N-dealkylation sites (tertiary alicyclic amines) is 1. The summed E-state index contributed by atoms with van der Waals surface area (Å²) in [6.45, 7) is 7.69. The van der Waals surface area contributed by atoms with Gasteiger partial charge in [-0.2, -0.15) is 0 Å². The summed E-state index contributed by atoms with van der Waals surface area (Å²) in [5, 5.41) is 9.28. The van der Waals surface area contributed by atoms with E-state index in [0.29, 0.717) is 13.0 Å². The second-order valence-corrected chi connectivity index (χ2v) is 4.65. The van der Waals surface area contributed by atoms with Gasteiger partial charge in [-0.25, -0.2) is 0 Å². The van der Waals surface area contributed by atoms with Crippen LogP contribution in [-0.4, -0.2) is 35.1 Å². The fourth-order valence-corrected chi connectivity index (χ4v) is 1.53. The highest BCUT2D eigenvalue weighted by Gasteiger charge is 2.31. The fourth-order valence-electron chi connectivity index (χ4n) is 1.53. The molecule has 0 aromatic carbocycles. The molecule has 1 fully saturated rings. The second-order valence-electron chi connectivity index (χ2n) is 4.65. The summed E-state index contributed by atoms with van der Waals surface area (Å²) in [7, 11) is 0. The van der Waals surface area contributed by atoms with Gasteiger partial charge in [0.15, 0.2) is 0 Å². The van der Waals surface area contributed by atoms with Gasteiger partial charge < -0.3 is 10.0 Å². The molecule has 1 heterocycles. The molecule has 1 rings (SSSR count). The van der Waals surface area contributed by atoms with Crippen LogP contribution in [0.15, 0.2) is 0 Å². The van der Waals surface area contributed by atoms with E-state index in [-0.39, 0.29) is 11.3 Å². The number of nitrogens with zero attached hydrogens (tertiary/aromatic N) is 1. The Morgan fingerprint density at radius 3 is 2.62 bits per heavy atom. The predicted octanol–water partition coefficient (Wildman–Crippen LogP) is 1.02. The zero-order valence-corrected chi connectivity index (χ0v) is 8.71. The monoisotopic (exact) mass is 185 g/mol. The van der Waals surface area contributed by atoms with Crippen molar-refractivity contribution in [2.75, 3.05) is 13.1 Å². The van der Waals surface area contributed by atoms with Crippen LogP contribution in [0.5, 0.6) is 0 Å². The molecule has 0 aromatic heterocycles. The molecule has 1 unspecified atom stereocenters. The molecule has 0 spiro atoms. The van der Waals surface area contributed by atoms with Crippen LogP contribution >= 0.6 is 0 Å². The molecule has 1 amide bonds. The van der Waals surface area contributed by atoms with Crippen molar-refractivity contribution >= 4 is 5.91 Å². The third kappa shape index (κ3) is 2.69. The predicted molar refractivity (Wildman–Crippen MR) is 51.3 cm³/mol. The van der Waals surface area contributed by atoms with E-state index in [1.165, 1.54) is 0 Å². The Kier molecular flexibility index (Phi) is 2.96. The van der Waals surface area contributed by atoms with Crippen LogP contribution in [-0.2, 0) is 4.79 Å². The number of carbonyl (C=O) groups excluding carboxylic acids is 1. The number of aliphatic hydroxyl groups excluding tert-OH is 1. The van der Waals surface area contributed by atoms with Gasteiger partial charge in [0.25, 0.3) is 0 Å². The Hall–Kier alpha value is -0.570. The molecule has 0 aromatic rings. The van der Waals surface area contributed by atoms with Crippen LogP contribution in [0, 0.1) is 5.41 Å². The molecule has 0 radical (unpaired) electrons. The largest absolute Gasteiger partial charge is 0.391 e. The van der Waals surface area contributed by atoms with Crippen LogP contribution in [0.4, 0.5) is 0 Å². The van der Waals surface area contributed by atoms with E-state index in [1.54, 1.807) is 4.90 Å². The third-order valence-corrected chi connectivity index (χ3v) is 2.77. The minimum Gasteiger partial charge on any atom is -0.391 e. The molecular formula is C10H19NO2. The maximum absolute atomic E-state index is 11.3. The highest BCUT2D eigenvalue weighted by atomic mass is 16.3. The lowest BCUT2D eigenvalue weighted by Gasteiger charge is -2.28. The minimum absolute atomic E-state index is 0.0917. The van der Waals surface area contributed by atoms with Crippen LogP contribution in [0.2, 0.25) is 0 Å². The Morgan fingerprint density at radius 1 is 1.62 bits per heavy atom. The number of β-amino-alcohol motifs (C(OH)–C–C–N with tert-alkyl or cyclic N) is 1. The maximum Gasteiger partial charge on any atom is 0.225 e. The Balaban J connectivity index is 2.50. The fraction of sp³-hybridized carbons (Fsp3) is 0.900. The molecule has 1 atom stereocenters.